The molecule has 1 N–H and O–H groups in total. The number of aryl methyl sites for hydroxylation is 4. The van der Waals surface area contributed by atoms with E-state index in [4.69, 9.17) is 0 Å². The molecule has 0 radical (unpaired) electrons. The predicted octanol–water partition coefficient (Wildman–Crippen LogP) is 3.89. The van der Waals surface area contributed by atoms with Gasteiger partial charge in [0.25, 0.3) is 0 Å². The summed E-state index contributed by atoms with van der Waals surface area (Å²) in [6.07, 6.45) is 7.16. The van der Waals surface area contributed by atoms with E-state index in [-0.39, 0.29) is 11.8 Å². The average Bonchev–Trinajstić information content (AvgIpc) is 2.99. The maximum Gasteiger partial charge on any atom is 0.233 e. The molecule has 0 bridgehead atoms. The largest absolute Gasteiger partial charge is 0.301 e. The molecule has 0 aliphatic heterocycles. The van der Waals surface area contributed by atoms with Crippen LogP contribution >= 0.6 is 11.3 Å². The fraction of sp³-hybridized carbons (Fsp3) is 0.611. The molecule has 0 spiro atoms. The highest BCUT2D eigenvalue weighted by Gasteiger charge is 2.24. The summed E-state index contributed by atoms with van der Waals surface area (Å²) in [4.78, 5) is 18.7. The van der Waals surface area contributed by atoms with Crippen molar-refractivity contribution in [3.8, 4) is 0 Å². The first kappa shape index (κ1) is 17.1. The lowest BCUT2D eigenvalue weighted by molar-refractivity contribution is -0.117. The molecule has 0 aromatic carbocycles. The fourth-order valence-electron chi connectivity index (χ4n) is 3.52. The Hall–Kier alpha value is -1.69. The van der Waals surface area contributed by atoms with E-state index in [0.29, 0.717) is 0 Å². The Morgan fingerprint density at radius 3 is 2.58 bits per heavy atom. The van der Waals surface area contributed by atoms with Crippen molar-refractivity contribution in [3.05, 3.63) is 27.5 Å². The van der Waals surface area contributed by atoms with Gasteiger partial charge in [-0.05, 0) is 46.5 Å². The van der Waals surface area contributed by atoms with Crippen LogP contribution in [0.3, 0.4) is 0 Å². The van der Waals surface area contributed by atoms with Crippen molar-refractivity contribution < 1.29 is 4.79 Å². The summed E-state index contributed by atoms with van der Waals surface area (Å²) >= 11 is 1.65. The maximum absolute atomic E-state index is 12.7. The van der Waals surface area contributed by atoms with E-state index in [0.717, 1.165) is 34.9 Å². The predicted molar refractivity (Wildman–Crippen MR) is 97.7 cm³/mol. The van der Waals surface area contributed by atoms with Crippen molar-refractivity contribution in [2.24, 2.45) is 7.05 Å². The van der Waals surface area contributed by atoms with Crippen LogP contribution in [0.4, 0.5) is 5.13 Å². The molecular weight excluding hydrogens is 320 g/mol. The van der Waals surface area contributed by atoms with Gasteiger partial charge in [-0.15, -0.1) is 11.3 Å². The second-order valence-electron chi connectivity index (χ2n) is 6.72. The summed E-state index contributed by atoms with van der Waals surface area (Å²) < 4.78 is 1.84. The molecule has 0 saturated heterocycles. The van der Waals surface area contributed by atoms with Crippen molar-refractivity contribution in [1.29, 1.82) is 0 Å². The number of aromatic nitrogens is 3. The van der Waals surface area contributed by atoms with Crippen LogP contribution in [0.2, 0.25) is 0 Å². The molecule has 1 aliphatic rings. The Morgan fingerprint density at radius 2 is 1.92 bits per heavy atom. The highest BCUT2D eigenvalue weighted by Crippen LogP contribution is 2.30. The van der Waals surface area contributed by atoms with Gasteiger partial charge in [0, 0.05) is 23.2 Å². The highest BCUT2D eigenvalue weighted by atomic mass is 32.1. The molecule has 5 nitrogen and oxygen atoms in total. The van der Waals surface area contributed by atoms with Crippen LogP contribution in [-0.2, 0) is 24.7 Å². The molecule has 1 amide bonds. The Morgan fingerprint density at radius 1 is 1.21 bits per heavy atom. The maximum atomic E-state index is 12.7. The summed E-state index contributed by atoms with van der Waals surface area (Å²) in [5, 5.41) is 8.20. The number of hydrogen-bond donors (Lipinski definition) is 1. The van der Waals surface area contributed by atoms with Crippen LogP contribution < -0.4 is 5.32 Å². The molecule has 2 aromatic heterocycles. The van der Waals surface area contributed by atoms with Gasteiger partial charge in [0.05, 0.1) is 17.3 Å². The first-order chi connectivity index (χ1) is 11.5. The second-order valence-corrected chi connectivity index (χ2v) is 7.81. The minimum absolute atomic E-state index is 0.00378. The van der Waals surface area contributed by atoms with E-state index in [1.165, 1.54) is 36.3 Å². The number of amides is 1. The zero-order chi connectivity index (χ0) is 17.3. The smallest absolute Gasteiger partial charge is 0.233 e. The third-order valence-electron chi connectivity index (χ3n) is 4.97. The summed E-state index contributed by atoms with van der Waals surface area (Å²) in [5.74, 6) is -0.235. The van der Waals surface area contributed by atoms with E-state index in [2.05, 4.69) is 15.4 Å². The number of carbonyl (C=O) groups is 1. The van der Waals surface area contributed by atoms with Crippen LogP contribution in [0.15, 0.2) is 0 Å². The number of fused-ring (bicyclic) bond motifs is 1. The third kappa shape index (κ3) is 3.38. The van der Waals surface area contributed by atoms with E-state index < -0.39 is 0 Å². The monoisotopic (exact) mass is 346 g/mol. The van der Waals surface area contributed by atoms with Crippen LogP contribution in [0.5, 0.6) is 0 Å². The quantitative estimate of drug-likeness (QED) is 0.917. The summed E-state index contributed by atoms with van der Waals surface area (Å²) in [5.41, 5.74) is 4.17. The third-order valence-corrected chi connectivity index (χ3v) is 6.04. The fourth-order valence-corrected chi connectivity index (χ4v) is 4.57. The molecule has 6 heteroatoms. The van der Waals surface area contributed by atoms with Crippen LogP contribution in [0, 0.1) is 13.8 Å². The molecule has 0 fully saturated rings. The van der Waals surface area contributed by atoms with Gasteiger partial charge in [0.1, 0.15) is 0 Å². The van der Waals surface area contributed by atoms with E-state index in [1.54, 1.807) is 11.3 Å². The Balaban J connectivity index is 1.76. The Bertz CT molecular complexity index is 721. The summed E-state index contributed by atoms with van der Waals surface area (Å²) in [6, 6.07) is 0. The van der Waals surface area contributed by atoms with Gasteiger partial charge in [-0.25, -0.2) is 4.98 Å². The van der Waals surface area contributed by atoms with Crippen molar-refractivity contribution in [1.82, 2.24) is 14.8 Å². The lowest BCUT2D eigenvalue weighted by Gasteiger charge is -2.11. The van der Waals surface area contributed by atoms with Gasteiger partial charge in [0.2, 0.25) is 5.91 Å². The van der Waals surface area contributed by atoms with Gasteiger partial charge in [-0.3, -0.25) is 9.48 Å². The van der Waals surface area contributed by atoms with Crippen molar-refractivity contribution in [2.45, 2.75) is 65.2 Å². The Kier molecular flexibility index (Phi) is 5.04. The average molecular weight is 347 g/mol. The van der Waals surface area contributed by atoms with Gasteiger partial charge < -0.3 is 5.32 Å². The minimum Gasteiger partial charge on any atom is -0.301 e. The molecule has 2 heterocycles. The number of carbonyl (C=O) groups excluding carboxylic acids is 1. The number of thiazole rings is 1. The first-order valence-electron chi connectivity index (χ1n) is 8.77. The van der Waals surface area contributed by atoms with Gasteiger partial charge >= 0.3 is 0 Å². The molecule has 130 valence electrons. The lowest BCUT2D eigenvalue weighted by atomic mass is 9.98. The molecular formula is C18H26N4OS. The van der Waals surface area contributed by atoms with Crippen molar-refractivity contribution in [3.63, 3.8) is 0 Å². The number of nitrogens with zero attached hydrogens (tertiary/aromatic N) is 3. The van der Waals surface area contributed by atoms with Crippen LogP contribution in [0.25, 0.3) is 0 Å². The minimum atomic E-state index is -0.231. The molecule has 0 saturated carbocycles. The van der Waals surface area contributed by atoms with Crippen molar-refractivity contribution >= 4 is 22.4 Å². The molecule has 1 unspecified atom stereocenters. The van der Waals surface area contributed by atoms with Crippen LogP contribution in [0.1, 0.15) is 66.0 Å². The molecule has 2 aromatic rings. The normalized spacial score (nSPS) is 16.2. The molecule has 1 aliphatic carbocycles. The van der Waals surface area contributed by atoms with E-state index >= 15 is 0 Å². The summed E-state index contributed by atoms with van der Waals surface area (Å²) in [6.45, 7) is 5.91. The molecule has 24 heavy (non-hydrogen) atoms. The van der Waals surface area contributed by atoms with Gasteiger partial charge in [-0.1, -0.05) is 12.8 Å². The highest BCUT2D eigenvalue weighted by molar-refractivity contribution is 7.15. The topological polar surface area (TPSA) is 59.8 Å². The van der Waals surface area contributed by atoms with Gasteiger partial charge in [-0.2, -0.15) is 5.10 Å². The van der Waals surface area contributed by atoms with Crippen LogP contribution in [-0.4, -0.2) is 20.7 Å². The SMILES string of the molecule is Cc1nn(C)c(C)c1C(C)C(=O)Nc1nc2c(s1)CCCCCC2. The van der Waals surface area contributed by atoms with E-state index in [1.807, 2.05) is 32.5 Å². The zero-order valence-corrected chi connectivity index (χ0v) is 15.8. The Labute approximate surface area is 147 Å². The molecule has 1 atom stereocenters. The number of nitrogens with one attached hydrogen (secondary N) is 1. The number of hydrogen-bond acceptors (Lipinski definition) is 4. The second kappa shape index (κ2) is 7.05. The van der Waals surface area contributed by atoms with Gasteiger partial charge in [0.15, 0.2) is 5.13 Å². The first-order valence-corrected chi connectivity index (χ1v) is 9.58. The summed E-state index contributed by atoms with van der Waals surface area (Å²) in [7, 11) is 1.91. The zero-order valence-electron chi connectivity index (χ0n) is 15.0. The molecule has 3 rings (SSSR count). The number of anilines is 1. The van der Waals surface area contributed by atoms with E-state index in [9.17, 15) is 4.79 Å². The standard InChI is InChI=1S/C18H26N4OS/c1-11(16-12(2)21-22(4)13(16)3)17(23)20-18-19-14-9-7-5-6-8-10-15(14)24-18/h11H,5-10H2,1-4H3,(H,19,20,23). The number of rotatable bonds is 3. The lowest BCUT2D eigenvalue weighted by Crippen LogP contribution is -2.19. The van der Waals surface area contributed by atoms with Crippen molar-refractivity contribution in [2.75, 3.05) is 5.32 Å².